The van der Waals surface area contributed by atoms with Gasteiger partial charge in [-0.1, -0.05) is 30.3 Å². The van der Waals surface area contributed by atoms with Crippen LogP contribution >= 0.6 is 0 Å². The Morgan fingerprint density at radius 1 is 1.07 bits per heavy atom. The molecule has 2 fully saturated rings. The Morgan fingerprint density at radius 3 is 2.50 bits per heavy atom. The first-order chi connectivity index (χ1) is 13.6. The molecule has 5 nitrogen and oxygen atoms in total. The summed E-state index contributed by atoms with van der Waals surface area (Å²) in [5.74, 6) is 0.680. The zero-order valence-corrected chi connectivity index (χ0v) is 16.3. The van der Waals surface area contributed by atoms with Crippen molar-refractivity contribution < 1.29 is 9.59 Å². The van der Waals surface area contributed by atoms with Gasteiger partial charge in [-0.25, -0.2) is 0 Å². The molecule has 0 spiro atoms. The number of hydrogen-bond acceptors (Lipinski definition) is 3. The molecule has 28 heavy (non-hydrogen) atoms. The molecule has 5 heteroatoms. The third-order valence-electron chi connectivity index (χ3n) is 5.94. The summed E-state index contributed by atoms with van der Waals surface area (Å²) in [5.41, 5.74) is 3.02. The average molecular weight is 377 g/mol. The molecular formula is C23H27N3O2. The van der Waals surface area contributed by atoms with Gasteiger partial charge in [0.05, 0.1) is 6.04 Å². The van der Waals surface area contributed by atoms with Gasteiger partial charge in [-0.05, 0) is 62.1 Å². The van der Waals surface area contributed by atoms with Crippen molar-refractivity contribution in [2.75, 3.05) is 29.9 Å². The maximum Gasteiger partial charge on any atom is 0.241 e. The highest BCUT2D eigenvalue weighted by Gasteiger charge is 2.30. The van der Waals surface area contributed by atoms with Crippen molar-refractivity contribution in [1.82, 2.24) is 4.90 Å². The molecule has 2 atom stereocenters. The summed E-state index contributed by atoms with van der Waals surface area (Å²) in [6.45, 7) is 4.60. The van der Waals surface area contributed by atoms with Crippen LogP contribution in [0.3, 0.4) is 0 Å². The average Bonchev–Trinajstić information content (AvgIpc) is 3.38. The van der Waals surface area contributed by atoms with Crippen LogP contribution in [0.25, 0.3) is 0 Å². The minimum atomic E-state index is -0.173. The summed E-state index contributed by atoms with van der Waals surface area (Å²) in [7, 11) is 0. The molecule has 0 aliphatic carbocycles. The first-order valence-corrected chi connectivity index (χ1v) is 10.1. The van der Waals surface area contributed by atoms with Gasteiger partial charge in [-0.2, -0.15) is 0 Å². The highest BCUT2D eigenvalue weighted by molar-refractivity contribution is 5.97. The smallest absolute Gasteiger partial charge is 0.241 e. The lowest BCUT2D eigenvalue weighted by Crippen LogP contribution is -2.40. The van der Waals surface area contributed by atoms with E-state index in [1.54, 1.807) is 0 Å². The lowest BCUT2D eigenvalue weighted by atomic mass is 9.99. The molecule has 1 N–H and O–H groups in total. The minimum Gasteiger partial charge on any atom is -0.325 e. The van der Waals surface area contributed by atoms with Gasteiger partial charge >= 0.3 is 0 Å². The second-order valence-corrected chi connectivity index (χ2v) is 7.75. The number of nitrogens with one attached hydrogen (secondary N) is 1. The molecule has 2 saturated heterocycles. The molecule has 4 rings (SSSR count). The fourth-order valence-corrected chi connectivity index (χ4v) is 4.19. The van der Waals surface area contributed by atoms with Crippen molar-refractivity contribution in [1.29, 1.82) is 0 Å². The van der Waals surface area contributed by atoms with Gasteiger partial charge in [-0.3, -0.25) is 14.5 Å². The summed E-state index contributed by atoms with van der Waals surface area (Å²) in [6, 6.07) is 17.9. The number of benzene rings is 2. The number of rotatable bonds is 5. The van der Waals surface area contributed by atoms with Crippen LogP contribution in [-0.4, -0.2) is 42.4 Å². The lowest BCUT2D eigenvalue weighted by molar-refractivity contribution is -0.120. The number of likely N-dealkylation sites (tertiary alicyclic amines) is 1. The number of nitrogens with zero attached hydrogens (tertiary/aromatic N) is 2. The zero-order chi connectivity index (χ0) is 19.5. The van der Waals surface area contributed by atoms with Gasteiger partial charge in [0.2, 0.25) is 11.8 Å². The Bertz CT molecular complexity index is 835. The van der Waals surface area contributed by atoms with E-state index in [4.69, 9.17) is 0 Å². The van der Waals surface area contributed by atoms with E-state index in [0.717, 1.165) is 43.9 Å². The third kappa shape index (κ3) is 3.94. The molecular weight excluding hydrogens is 350 g/mol. The fraction of sp³-hybridized carbons (Fsp3) is 0.391. The summed E-state index contributed by atoms with van der Waals surface area (Å²) in [6.07, 6.45) is 2.62. The molecule has 2 heterocycles. The van der Waals surface area contributed by atoms with E-state index >= 15 is 0 Å². The van der Waals surface area contributed by atoms with E-state index in [1.165, 1.54) is 5.56 Å². The number of hydrogen-bond donors (Lipinski definition) is 1. The Labute approximate surface area is 166 Å². The van der Waals surface area contributed by atoms with Crippen LogP contribution < -0.4 is 10.2 Å². The van der Waals surface area contributed by atoms with Gasteiger partial charge in [0.1, 0.15) is 0 Å². The third-order valence-corrected chi connectivity index (χ3v) is 5.94. The number of carbonyl (C=O) groups excluding carboxylic acids is 2. The molecule has 0 saturated carbocycles. The molecule has 146 valence electrons. The Balaban J connectivity index is 1.34. The van der Waals surface area contributed by atoms with Crippen LogP contribution in [0.4, 0.5) is 11.4 Å². The van der Waals surface area contributed by atoms with Crippen LogP contribution in [0.15, 0.2) is 54.6 Å². The molecule has 2 aromatic rings. The van der Waals surface area contributed by atoms with Crippen molar-refractivity contribution in [3.8, 4) is 0 Å². The molecule has 0 radical (unpaired) electrons. The van der Waals surface area contributed by atoms with Crippen molar-refractivity contribution >= 4 is 23.2 Å². The van der Waals surface area contributed by atoms with Crippen LogP contribution in [0, 0.1) is 0 Å². The SMILES string of the molecule is C[C@@H](C(=O)Nc1ccc(N2CCCC2=O)cc1)N1CC[C@@H](c2ccccc2)C1. The van der Waals surface area contributed by atoms with Gasteiger partial charge in [0.25, 0.3) is 0 Å². The molecule has 0 unspecified atom stereocenters. The highest BCUT2D eigenvalue weighted by Crippen LogP contribution is 2.28. The zero-order valence-electron chi connectivity index (χ0n) is 16.3. The van der Waals surface area contributed by atoms with Gasteiger partial charge in [0, 0.05) is 30.9 Å². The normalized spacial score (nSPS) is 21.1. The first kappa shape index (κ1) is 18.7. The summed E-state index contributed by atoms with van der Waals surface area (Å²) < 4.78 is 0. The first-order valence-electron chi connectivity index (χ1n) is 10.1. The van der Waals surface area contributed by atoms with Crippen molar-refractivity contribution in [2.45, 2.75) is 38.1 Å². The van der Waals surface area contributed by atoms with E-state index in [9.17, 15) is 9.59 Å². The van der Waals surface area contributed by atoms with Crippen molar-refractivity contribution in [3.05, 3.63) is 60.2 Å². The van der Waals surface area contributed by atoms with E-state index in [1.807, 2.05) is 42.2 Å². The molecule has 2 aliphatic rings. The second-order valence-electron chi connectivity index (χ2n) is 7.75. The van der Waals surface area contributed by atoms with E-state index in [-0.39, 0.29) is 17.9 Å². The predicted octanol–water partition coefficient (Wildman–Crippen LogP) is 3.63. The molecule has 2 amide bonds. The molecule has 2 aromatic carbocycles. The van der Waals surface area contributed by atoms with Gasteiger partial charge < -0.3 is 10.2 Å². The van der Waals surface area contributed by atoms with Crippen LogP contribution in [-0.2, 0) is 9.59 Å². The van der Waals surface area contributed by atoms with Crippen molar-refractivity contribution in [3.63, 3.8) is 0 Å². The summed E-state index contributed by atoms with van der Waals surface area (Å²) >= 11 is 0. The van der Waals surface area contributed by atoms with E-state index < -0.39 is 0 Å². The fourth-order valence-electron chi connectivity index (χ4n) is 4.19. The second kappa shape index (κ2) is 8.15. The summed E-state index contributed by atoms with van der Waals surface area (Å²) in [5, 5.41) is 3.02. The Hall–Kier alpha value is -2.66. The van der Waals surface area contributed by atoms with Gasteiger partial charge in [0.15, 0.2) is 0 Å². The number of anilines is 2. The predicted molar refractivity (Wildman–Crippen MR) is 111 cm³/mol. The lowest BCUT2D eigenvalue weighted by Gasteiger charge is -2.24. The standard InChI is InChI=1S/C23H27N3O2/c1-17(25-15-13-19(16-25)18-6-3-2-4-7-18)23(28)24-20-9-11-21(12-10-20)26-14-5-8-22(26)27/h2-4,6-7,9-12,17,19H,5,8,13-16H2,1H3,(H,24,28)/t17-,19+/m0/s1. The monoisotopic (exact) mass is 377 g/mol. The number of carbonyl (C=O) groups is 2. The Kier molecular flexibility index (Phi) is 5.44. The van der Waals surface area contributed by atoms with Gasteiger partial charge in [-0.15, -0.1) is 0 Å². The summed E-state index contributed by atoms with van der Waals surface area (Å²) in [4.78, 5) is 28.6. The van der Waals surface area contributed by atoms with Crippen LogP contribution in [0.5, 0.6) is 0 Å². The van der Waals surface area contributed by atoms with E-state index in [0.29, 0.717) is 12.3 Å². The van der Waals surface area contributed by atoms with Crippen molar-refractivity contribution in [2.24, 2.45) is 0 Å². The molecule has 2 aliphatic heterocycles. The quantitative estimate of drug-likeness (QED) is 0.866. The maximum atomic E-state index is 12.7. The number of amides is 2. The maximum absolute atomic E-state index is 12.7. The van der Waals surface area contributed by atoms with Crippen LogP contribution in [0.1, 0.15) is 37.7 Å². The molecule has 0 bridgehead atoms. The minimum absolute atomic E-state index is 0.0127. The van der Waals surface area contributed by atoms with Crippen LogP contribution in [0.2, 0.25) is 0 Å². The Morgan fingerprint density at radius 2 is 1.82 bits per heavy atom. The van der Waals surface area contributed by atoms with E-state index in [2.05, 4.69) is 34.5 Å². The largest absolute Gasteiger partial charge is 0.325 e. The topological polar surface area (TPSA) is 52.7 Å². The highest BCUT2D eigenvalue weighted by atomic mass is 16.2. The molecule has 0 aromatic heterocycles.